The summed E-state index contributed by atoms with van der Waals surface area (Å²) < 4.78 is 5.76. The number of carbonyl (C=O) groups is 1. The van der Waals surface area contributed by atoms with Gasteiger partial charge in [-0.25, -0.2) is 10.2 Å². The van der Waals surface area contributed by atoms with Gasteiger partial charge in [-0.1, -0.05) is 60.5 Å². The Kier molecular flexibility index (Phi) is 5.43. The number of aromatic amines is 1. The van der Waals surface area contributed by atoms with Crippen LogP contribution in [0.15, 0.2) is 53.0 Å². The Balaban J connectivity index is 2.10. The van der Waals surface area contributed by atoms with Crippen molar-refractivity contribution in [3.8, 4) is 11.1 Å². The number of methoxy groups -OCH3 is 1. The zero-order chi connectivity index (χ0) is 22.3. The highest BCUT2D eigenvalue weighted by Gasteiger charge is 2.26. The first-order valence-corrected chi connectivity index (χ1v) is 10.9. The van der Waals surface area contributed by atoms with E-state index in [4.69, 9.17) is 4.74 Å². The lowest BCUT2D eigenvalue weighted by atomic mass is 9.84. The van der Waals surface area contributed by atoms with Crippen LogP contribution in [-0.4, -0.2) is 18.2 Å². The van der Waals surface area contributed by atoms with Crippen molar-refractivity contribution in [2.24, 2.45) is 0 Å². The van der Waals surface area contributed by atoms with Gasteiger partial charge in [0.05, 0.1) is 12.8 Å². The number of H-pyrrole nitrogens is 1. The van der Waals surface area contributed by atoms with E-state index in [9.17, 15) is 4.79 Å². The molecule has 0 aliphatic heterocycles. The summed E-state index contributed by atoms with van der Waals surface area (Å²) in [5.41, 5.74) is 12.0. The number of aryl methyl sites for hydroxylation is 1. The lowest BCUT2D eigenvalue weighted by Gasteiger charge is -2.22. The summed E-state index contributed by atoms with van der Waals surface area (Å²) in [5, 5.41) is 3.35. The zero-order valence-corrected chi connectivity index (χ0v) is 19.9. The molecule has 4 aromatic rings. The number of hydrazine groups is 1. The van der Waals surface area contributed by atoms with Crippen LogP contribution in [0.1, 0.15) is 32.0 Å². The maximum Gasteiger partial charge on any atom is 0.425 e. The van der Waals surface area contributed by atoms with Gasteiger partial charge < -0.3 is 9.72 Å². The van der Waals surface area contributed by atoms with E-state index in [0.29, 0.717) is 0 Å². The third kappa shape index (κ3) is 4.00. The highest BCUT2D eigenvalue weighted by Crippen LogP contribution is 2.45. The molecule has 3 aromatic carbocycles. The first-order chi connectivity index (χ1) is 14.7. The topological polar surface area (TPSA) is 66.2 Å². The molecule has 1 heterocycles. The molecule has 3 N–H and O–H groups in total. The monoisotopic (exact) mass is 479 g/mol. The summed E-state index contributed by atoms with van der Waals surface area (Å²) in [6.07, 6.45) is -0.548. The predicted octanol–water partition coefficient (Wildman–Crippen LogP) is 7.04. The number of aromatic nitrogens is 1. The van der Waals surface area contributed by atoms with Crippen molar-refractivity contribution < 1.29 is 9.53 Å². The maximum absolute atomic E-state index is 11.8. The smallest absolute Gasteiger partial charge is 0.425 e. The third-order valence-electron chi connectivity index (χ3n) is 5.42. The number of halogens is 1. The second-order valence-corrected chi connectivity index (χ2v) is 9.68. The molecule has 160 valence electrons. The number of fused-ring (bicyclic) bond motifs is 2. The fourth-order valence-corrected chi connectivity index (χ4v) is 4.35. The number of amides is 1. The number of benzene rings is 3. The van der Waals surface area contributed by atoms with E-state index in [-0.39, 0.29) is 5.41 Å². The maximum atomic E-state index is 11.8. The van der Waals surface area contributed by atoms with Crippen molar-refractivity contribution in [3.05, 3.63) is 64.3 Å². The van der Waals surface area contributed by atoms with Crippen molar-refractivity contribution in [2.45, 2.75) is 33.1 Å². The molecular weight excluding hydrogens is 454 g/mol. The highest BCUT2D eigenvalue weighted by molar-refractivity contribution is 9.10. The van der Waals surface area contributed by atoms with Crippen LogP contribution in [0.2, 0.25) is 0 Å². The molecule has 0 bridgehead atoms. The fraction of sp³-hybridized carbons (Fsp3) is 0.240. The van der Waals surface area contributed by atoms with Crippen molar-refractivity contribution in [1.29, 1.82) is 0 Å². The second-order valence-electron chi connectivity index (χ2n) is 8.77. The summed E-state index contributed by atoms with van der Waals surface area (Å²) in [6, 6.07) is 16.7. The van der Waals surface area contributed by atoms with Gasteiger partial charge in [-0.15, -0.1) is 0 Å². The molecule has 31 heavy (non-hydrogen) atoms. The number of hydrogen-bond donors (Lipinski definition) is 3. The molecule has 0 atom stereocenters. The standard InChI is InChI=1S/C25H26BrN3O2/c1-14-6-10-19-18(12-14)22(23(27-19)25(2,3)4)21-17-9-8-16(26)13-15(17)7-11-20(21)28-29-24(30)31-5/h6-13,27-28H,1-5H3,(H,29,30). The third-order valence-corrected chi connectivity index (χ3v) is 5.91. The van der Waals surface area contributed by atoms with Gasteiger partial charge in [0.25, 0.3) is 0 Å². The summed E-state index contributed by atoms with van der Waals surface area (Å²) in [4.78, 5) is 15.4. The molecule has 4 rings (SSSR count). The predicted molar refractivity (Wildman–Crippen MR) is 132 cm³/mol. The van der Waals surface area contributed by atoms with Gasteiger partial charge in [0.1, 0.15) is 0 Å². The Labute approximate surface area is 190 Å². The van der Waals surface area contributed by atoms with Crippen LogP contribution >= 0.6 is 15.9 Å². The number of anilines is 1. The molecular formula is C25H26BrN3O2. The normalized spacial score (nSPS) is 11.7. The summed E-state index contributed by atoms with van der Waals surface area (Å²) >= 11 is 3.58. The van der Waals surface area contributed by atoms with Crippen LogP contribution in [0.25, 0.3) is 32.8 Å². The SMILES string of the molecule is COC(=O)NNc1ccc2cc(Br)ccc2c1-c1c(C(C)(C)C)[nH]c2ccc(C)cc12. The van der Waals surface area contributed by atoms with Crippen LogP contribution in [0.4, 0.5) is 10.5 Å². The van der Waals surface area contributed by atoms with E-state index < -0.39 is 6.09 Å². The number of nitrogens with one attached hydrogen (secondary N) is 3. The highest BCUT2D eigenvalue weighted by atomic mass is 79.9. The Hall–Kier alpha value is -2.99. The lowest BCUT2D eigenvalue weighted by molar-refractivity contribution is 0.173. The van der Waals surface area contributed by atoms with Gasteiger partial charge >= 0.3 is 6.09 Å². The molecule has 1 amide bonds. The first kappa shape index (κ1) is 21.2. The molecule has 0 fully saturated rings. The fourth-order valence-electron chi connectivity index (χ4n) is 3.97. The Morgan fingerprint density at radius 1 is 1.00 bits per heavy atom. The van der Waals surface area contributed by atoms with E-state index in [1.165, 1.54) is 12.7 Å². The van der Waals surface area contributed by atoms with E-state index in [0.717, 1.165) is 48.7 Å². The molecule has 0 saturated carbocycles. The molecule has 5 nitrogen and oxygen atoms in total. The van der Waals surface area contributed by atoms with Crippen LogP contribution < -0.4 is 10.9 Å². The molecule has 0 spiro atoms. The van der Waals surface area contributed by atoms with E-state index in [1.54, 1.807) is 0 Å². The van der Waals surface area contributed by atoms with E-state index in [1.807, 2.05) is 18.2 Å². The number of hydrogen-bond acceptors (Lipinski definition) is 3. The molecule has 6 heteroatoms. The summed E-state index contributed by atoms with van der Waals surface area (Å²) in [6.45, 7) is 8.71. The van der Waals surface area contributed by atoms with Crippen LogP contribution in [0.5, 0.6) is 0 Å². The van der Waals surface area contributed by atoms with Crippen LogP contribution in [0, 0.1) is 6.92 Å². The van der Waals surface area contributed by atoms with E-state index in [2.05, 4.69) is 89.8 Å². The summed E-state index contributed by atoms with van der Waals surface area (Å²) in [5.74, 6) is 0. The van der Waals surface area contributed by atoms with Crippen molar-refractivity contribution in [1.82, 2.24) is 10.4 Å². The Bertz CT molecular complexity index is 1300. The second kappa shape index (κ2) is 7.93. The van der Waals surface area contributed by atoms with Crippen molar-refractivity contribution in [2.75, 3.05) is 12.5 Å². The van der Waals surface area contributed by atoms with Crippen molar-refractivity contribution in [3.63, 3.8) is 0 Å². The quantitative estimate of drug-likeness (QED) is 0.276. The molecule has 0 saturated heterocycles. The average Bonchev–Trinajstić information content (AvgIpc) is 3.10. The molecule has 0 aliphatic carbocycles. The minimum atomic E-state index is -0.548. The minimum Gasteiger partial charge on any atom is -0.452 e. The minimum absolute atomic E-state index is 0.118. The van der Waals surface area contributed by atoms with Gasteiger partial charge in [0, 0.05) is 37.6 Å². The van der Waals surface area contributed by atoms with Crippen molar-refractivity contribution >= 4 is 49.4 Å². The van der Waals surface area contributed by atoms with Gasteiger partial charge in [0.2, 0.25) is 0 Å². The van der Waals surface area contributed by atoms with E-state index >= 15 is 0 Å². The zero-order valence-electron chi connectivity index (χ0n) is 18.3. The van der Waals surface area contributed by atoms with Gasteiger partial charge in [-0.05, 0) is 48.0 Å². The average molecular weight is 480 g/mol. The molecule has 0 aliphatic rings. The lowest BCUT2D eigenvalue weighted by Crippen LogP contribution is -2.29. The number of rotatable bonds is 3. The molecule has 0 radical (unpaired) electrons. The van der Waals surface area contributed by atoms with Gasteiger partial charge in [-0.3, -0.25) is 5.43 Å². The summed E-state index contributed by atoms with van der Waals surface area (Å²) in [7, 11) is 1.34. The van der Waals surface area contributed by atoms with Gasteiger partial charge in [0.15, 0.2) is 0 Å². The Morgan fingerprint density at radius 2 is 1.77 bits per heavy atom. The Morgan fingerprint density at radius 3 is 2.48 bits per heavy atom. The molecule has 1 aromatic heterocycles. The van der Waals surface area contributed by atoms with Crippen LogP contribution in [-0.2, 0) is 10.2 Å². The first-order valence-electron chi connectivity index (χ1n) is 10.1. The molecule has 0 unspecified atom stereocenters. The number of carbonyl (C=O) groups excluding carboxylic acids is 1. The largest absolute Gasteiger partial charge is 0.452 e. The van der Waals surface area contributed by atoms with Gasteiger partial charge in [-0.2, -0.15) is 0 Å². The van der Waals surface area contributed by atoms with Crippen LogP contribution in [0.3, 0.4) is 0 Å². The number of ether oxygens (including phenoxy) is 1.